The number of ketones is 1. The number of nitrogens with zero attached hydrogens (tertiary/aromatic N) is 1. The van der Waals surface area contributed by atoms with E-state index < -0.39 is 5.91 Å². The molecule has 2 amide bonds. The van der Waals surface area contributed by atoms with Gasteiger partial charge >= 0.3 is 0 Å². The van der Waals surface area contributed by atoms with Crippen LogP contribution in [0.25, 0.3) is 0 Å². The molecular formula is C23H17N3O3. The number of amides is 2. The Morgan fingerprint density at radius 2 is 1.28 bits per heavy atom. The van der Waals surface area contributed by atoms with Crippen molar-refractivity contribution in [3.05, 3.63) is 95.1 Å². The van der Waals surface area contributed by atoms with E-state index in [0.29, 0.717) is 33.6 Å². The highest BCUT2D eigenvalue weighted by Crippen LogP contribution is 2.15. The fourth-order valence-electron chi connectivity index (χ4n) is 2.65. The molecule has 0 unspecified atom stereocenters. The second-order valence-corrected chi connectivity index (χ2v) is 6.32. The number of nitriles is 1. The molecule has 0 atom stereocenters. The van der Waals surface area contributed by atoms with Crippen LogP contribution in [0.2, 0.25) is 0 Å². The van der Waals surface area contributed by atoms with Gasteiger partial charge in [-0.15, -0.1) is 0 Å². The monoisotopic (exact) mass is 383 g/mol. The van der Waals surface area contributed by atoms with E-state index >= 15 is 0 Å². The van der Waals surface area contributed by atoms with E-state index in [2.05, 4.69) is 10.6 Å². The Balaban J connectivity index is 1.73. The maximum atomic E-state index is 12.5. The van der Waals surface area contributed by atoms with Crippen LogP contribution in [0.3, 0.4) is 0 Å². The summed E-state index contributed by atoms with van der Waals surface area (Å²) in [6.07, 6.45) is 0. The molecule has 6 nitrogen and oxygen atoms in total. The van der Waals surface area contributed by atoms with E-state index in [0.717, 1.165) is 0 Å². The molecule has 3 aromatic carbocycles. The number of Topliss-reactive ketones (excluding diaryl/α,β-unsaturated/α-hetero) is 1. The van der Waals surface area contributed by atoms with Crippen LogP contribution in [0.1, 0.15) is 43.6 Å². The van der Waals surface area contributed by atoms with Gasteiger partial charge in [0.2, 0.25) is 0 Å². The van der Waals surface area contributed by atoms with Crippen LogP contribution < -0.4 is 10.6 Å². The van der Waals surface area contributed by atoms with Gasteiger partial charge in [-0.25, -0.2) is 0 Å². The number of rotatable bonds is 5. The second kappa shape index (κ2) is 8.63. The molecule has 0 aliphatic heterocycles. The number of anilines is 2. The van der Waals surface area contributed by atoms with Gasteiger partial charge in [0, 0.05) is 28.1 Å². The van der Waals surface area contributed by atoms with Crippen LogP contribution in [-0.2, 0) is 0 Å². The molecule has 0 heterocycles. The Bertz CT molecular complexity index is 1130. The standard InChI is InChI=1S/C23H17N3O3/c1-15(27)17-4-3-7-21(13-17)26-23(29)19-6-2-5-18(12-19)22(28)25-20-10-8-16(14-24)9-11-20/h2-13H,1H3,(H,25,28)(H,26,29). The molecule has 0 saturated carbocycles. The zero-order valence-electron chi connectivity index (χ0n) is 15.6. The summed E-state index contributed by atoms with van der Waals surface area (Å²) in [4.78, 5) is 36.5. The molecule has 0 spiro atoms. The topological polar surface area (TPSA) is 99.1 Å². The highest BCUT2D eigenvalue weighted by atomic mass is 16.2. The normalized spacial score (nSPS) is 9.93. The summed E-state index contributed by atoms with van der Waals surface area (Å²) >= 11 is 0. The lowest BCUT2D eigenvalue weighted by Gasteiger charge is -2.09. The average molecular weight is 383 g/mol. The molecule has 142 valence electrons. The van der Waals surface area contributed by atoms with Crippen LogP contribution in [0.4, 0.5) is 11.4 Å². The molecule has 0 saturated heterocycles. The summed E-state index contributed by atoms with van der Waals surface area (Å²) in [5.74, 6) is -0.857. The van der Waals surface area contributed by atoms with E-state index in [1.165, 1.54) is 13.0 Å². The van der Waals surface area contributed by atoms with Crippen molar-refractivity contribution >= 4 is 29.0 Å². The first-order valence-corrected chi connectivity index (χ1v) is 8.80. The lowest BCUT2D eigenvalue weighted by Crippen LogP contribution is -2.15. The summed E-state index contributed by atoms with van der Waals surface area (Å²) in [5.41, 5.74) is 2.67. The summed E-state index contributed by atoms with van der Waals surface area (Å²) in [6, 6.07) is 21.5. The third kappa shape index (κ3) is 4.93. The van der Waals surface area contributed by atoms with Crippen molar-refractivity contribution in [3.63, 3.8) is 0 Å². The molecule has 0 fully saturated rings. The first kappa shape index (κ1) is 19.5. The largest absolute Gasteiger partial charge is 0.322 e. The van der Waals surface area contributed by atoms with Crippen LogP contribution >= 0.6 is 0 Å². The van der Waals surface area contributed by atoms with Crippen LogP contribution in [0, 0.1) is 11.3 Å². The van der Waals surface area contributed by atoms with Gasteiger partial charge in [0.05, 0.1) is 11.6 Å². The van der Waals surface area contributed by atoms with Crippen LogP contribution in [-0.4, -0.2) is 17.6 Å². The zero-order chi connectivity index (χ0) is 20.8. The van der Waals surface area contributed by atoms with Crippen LogP contribution in [0.5, 0.6) is 0 Å². The highest BCUT2D eigenvalue weighted by molar-refractivity contribution is 6.09. The summed E-state index contributed by atoms with van der Waals surface area (Å²) in [6.45, 7) is 1.46. The van der Waals surface area contributed by atoms with Crippen molar-refractivity contribution < 1.29 is 14.4 Å². The van der Waals surface area contributed by atoms with E-state index in [4.69, 9.17) is 5.26 Å². The number of benzene rings is 3. The summed E-state index contributed by atoms with van der Waals surface area (Å²) < 4.78 is 0. The number of carbonyl (C=O) groups excluding carboxylic acids is 3. The molecule has 0 aliphatic rings. The predicted molar refractivity (Wildman–Crippen MR) is 110 cm³/mol. The lowest BCUT2D eigenvalue weighted by atomic mass is 10.1. The van der Waals surface area contributed by atoms with Gasteiger partial charge in [-0.1, -0.05) is 18.2 Å². The molecule has 0 radical (unpaired) electrons. The molecule has 2 N–H and O–H groups in total. The SMILES string of the molecule is CC(=O)c1cccc(NC(=O)c2cccc(C(=O)Nc3ccc(C#N)cc3)c2)c1. The lowest BCUT2D eigenvalue weighted by molar-refractivity contribution is 0.100. The average Bonchev–Trinajstić information content (AvgIpc) is 2.74. The van der Waals surface area contributed by atoms with Gasteiger partial charge in [0.15, 0.2) is 5.78 Å². The van der Waals surface area contributed by atoms with E-state index in [1.807, 2.05) is 6.07 Å². The molecule has 6 heteroatoms. The molecule has 0 aromatic heterocycles. The zero-order valence-corrected chi connectivity index (χ0v) is 15.6. The Hall–Kier alpha value is -4.24. The van der Waals surface area contributed by atoms with Crippen LogP contribution in [0.15, 0.2) is 72.8 Å². The third-order valence-electron chi connectivity index (χ3n) is 4.19. The maximum absolute atomic E-state index is 12.5. The third-order valence-corrected chi connectivity index (χ3v) is 4.19. The minimum absolute atomic E-state index is 0.0948. The molecule has 0 bridgehead atoms. The molecular weight excluding hydrogens is 366 g/mol. The first-order valence-electron chi connectivity index (χ1n) is 8.80. The van der Waals surface area contributed by atoms with E-state index in [1.54, 1.807) is 66.7 Å². The Labute approximate surface area is 167 Å². The quantitative estimate of drug-likeness (QED) is 0.643. The predicted octanol–water partition coefficient (Wildman–Crippen LogP) is 4.27. The van der Waals surface area contributed by atoms with E-state index in [-0.39, 0.29) is 11.7 Å². The number of hydrogen-bond acceptors (Lipinski definition) is 4. The van der Waals surface area contributed by atoms with E-state index in [9.17, 15) is 14.4 Å². The summed E-state index contributed by atoms with van der Waals surface area (Å²) in [5, 5.41) is 14.3. The fraction of sp³-hybridized carbons (Fsp3) is 0.0435. The van der Waals surface area contributed by atoms with Crippen molar-refractivity contribution in [3.8, 4) is 6.07 Å². The Morgan fingerprint density at radius 1 is 0.724 bits per heavy atom. The number of nitrogens with one attached hydrogen (secondary N) is 2. The molecule has 0 aliphatic carbocycles. The van der Waals surface area contributed by atoms with Gasteiger partial charge in [0.25, 0.3) is 11.8 Å². The summed E-state index contributed by atoms with van der Waals surface area (Å²) in [7, 11) is 0. The Kier molecular flexibility index (Phi) is 5.81. The minimum atomic E-state index is -0.390. The highest BCUT2D eigenvalue weighted by Gasteiger charge is 2.12. The number of hydrogen-bond donors (Lipinski definition) is 2. The van der Waals surface area contributed by atoms with Gasteiger partial charge in [-0.3, -0.25) is 14.4 Å². The first-order chi connectivity index (χ1) is 14.0. The minimum Gasteiger partial charge on any atom is -0.322 e. The fourth-order valence-corrected chi connectivity index (χ4v) is 2.65. The van der Waals surface area contributed by atoms with Crippen molar-refractivity contribution in [1.29, 1.82) is 5.26 Å². The molecule has 29 heavy (non-hydrogen) atoms. The smallest absolute Gasteiger partial charge is 0.255 e. The number of carbonyl (C=O) groups is 3. The van der Waals surface area contributed by atoms with Gasteiger partial charge in [-0.05, 0) is 61.5 Å². The second-order valence-electron chi connectivity index (χ2n) is 6.32. The Morgan fingerprint density at radius 3 is 1.86 bits per heavy atom. The maximum Gasteiger partial charge on any atom is 0.255 e. The van der Waals surface area contributed by atoms with Crippen molar-refractivity contribution in [1.82, 2.24) is 0 Å². The van der Waals surface area contributed by atoms with Gasteiger partial charge < -0.3 is 10.6 Å². The van der Waals surface area contributed by atoms with Crippen molar-refractivity contribution in [2.75, 3.05) is 10.6 Å². The van der Waals surface area contributed by atoms with Gasteiger partial charge in [0.1, 0.15) is 0 Å². The molecule has 3 aromatic rings. The van der Waals surface area contributed by atoms with Crippen molar-refractivity contribution in [2.24, 2.45) is 0 Å². The van der Waals surface area contributed by atoms with Gasteiger partial charge in [-0.2, -0.15) is 5.26 Å². The van der Waals surface area contributed by atoms with Crippen molar-refractivity contribution in [2.45, 2.75) is 6.92 Å². The molecule has 3 rings (SSSR count).